The Hall–Kier alpha value is -2.56. The number of aromatic nitrogens is 1. The molecule has 4 nitrogen and oxygen atoms in total. The van der Waals surface area contributed by atoms with Crippen LogP contribution in [0, 0.1) is 13.8 Å². The van der Waals surface area contributed by atoms with E-state index in [1.807, 2.05) is 60.9 Å². The maximum atomic E-state index is 12.0. The number of hydrogen-bond acceptors (Lipinski definition) is 2. The summed E-state index contributed by atoms with van der Waals surface area (Å²) in [7, 11) is 0. The number of rotatable bonds is 8. The van der Waals surface area contributed by atoms with Gasteiger partial charge in [0.15, 0.2) is 0 Å². The van der Waals surface area contributed by atoms with Gasteiger partial charge in [-0.25, -0.2) is 4.79 Å². The third kappa shape index (κ3) is 4.72. The van der Waals surface area contributed by atoms with Crippen LogP contribution >= 0.6 is 11.6 Å². The van der Waals surface area contributed by atoms with E-state index in [4.69, 9.17) is 11.6 Å². The summed E-state index contributed by atoms with van der Waals surface area (Å²) in [6.07, 6.45) is 0. The molecule has 1 unspecified atom stereocenters. The Morgan fingerprint density at radius 2 is 1.72 bits per heavy atom. The van der Waals surface area contributed by atoms with E-state index in [0.29, 0.717) is 29.6 Å². The summed E-state index contributed by atoms with van der Waals surface area (Å²) in [4.78, 5) is 12.0. The SMILES string of the molecule is Cc1c(CNCC(C)c2ccccc2)c(C(=O)O)c(C)n1Cc1ccccc1Cl. The second-order valence-corrected chi connectivity index (χ2v) is 7.86. The van der Waals surface area contributed by atoms with Crippen molar-refractivity contribution in [2.75, 3.05) is 6.54 Å². The van der Waals surface area contributed by atoms with E-state index < -0.39 is 5.97 Å². The van der Waals surface area contributed by atoms with Gasteiger partial charge in [0.05, 0.1) is 5.56 Å². The largest absolute Gasteiger partial charge is 0.478 e. The number of carboxylic acid groups (broad SMARTS) is 1. The second-order valence-electron chi connectivity index (χ2n) is 7.45. The first-order valence-corrected chi connectivity index (χ1v) is 10.2. The summed E-state index contributed by atoms with van der Waals surface area (Å²) < 4.78 is 2.04. The Morgan fingerprint density at radius 1 is 1.07 bits per heavy atom. The number of aromatic carboxylic acids is 1. The average molecular weight is 411 g/mol. The zero-order valence-electron chi connectivity index (χ0n) is 17.1. The van der Waals surface area contributed by atoms with Crippen LogP contribution in [0.4, 0.5) is 0 Å². The van der Waals surface area contributed by atoms with Crippen molar-refractivity contribution in [2.24, 2.45) is 0 Å². The van der Waals surface area contributed by atoms with Gasteiger partial charge in [-0.05, 0) is 37.0 Å². The van der Waals surface area contributed by atoms with Crippen LogP contribution in [-0.4, -0.2) is 22.2 Å². The molecule has 0 saturated carbocycles. The minimum absolute atomic E-state index is 0.344. The Kier molecular flexibility index (Phi) is 6.78. The zero-order chi connectivity index (χ0) is 21.0. The Labute approximate surface area is 177 Å². The molecule has 152 valence electrons. The van der Waals surface area contributed by atoms with Crippen molar-refractivity contribution in [3.8, 4) is 0 Å². The van der Waals surface area contributed by atoms with Crippen LogP contribution in [0.5, 0.6) is 0 Å². The number of benzene rings is 2. The second kappa shape index (κ2) is 9.29. The van der Waals surface area contributed by atoms with E-state index >= 15 is 0 Å². The summed E-state index contributed by atoms with van der Waals surface area (Å²) in [5.74, 6) is -0.549. The number of hydrogen-bond donors (Lipinski definition) is 2. The van der Waals surface area contributed by atoms with Crippen LogP contribution in [0.25, 0.3) is 0 Å². The molecule has 2 N–H and O–H groups in total. The predicted molar refractivity (Wildman–Crippen MR) is 118 cm³/mol. The Balaban J connectivity index is 1.81. The van der Waals surface area contributed by atoms with Crippen molar-refractivity contribution in [2.45, 2.75) is 39.8 Å². The maximum Gasteiger partial charge on any atom is 0.337 e. The van der Waals surface area contributed by atoms with Crippen LogP contribution in [0.3, 0.4) is 0 Å². The van der Waals surface area contributed by atoms with Gasteiger partial charge in [0.1, 0.15) is 0 Å². The fourth-order valence-electron chi connectivity index (χ4n) is 3.80. The van der Waals surface area contributed by atoms with E-state index in [1.54, 1.807) is 0 Å². The van der Waals surface area contributed by atoms with Crippen molar-refractivity contribution in [1.82, 2.24) is 9.88 Å². The van der Waals surface area contributed by atoms with E-state index in [1.165, 1.54) is 5.56 Å². The predicted octanol–water partition coefficient (Wildman–Crippen LogP) is 5.40. The monoisotopic (exact) mass is 410 g/mol. The first-order chi connectivity index (χ1) is 13.9. The molecule has 5 heteroatoms. The number of halogens is 1. The van der Waals surface area contributed by atoms with Gasteiger partial charge in [-0.3, -0.25) is 0 Å². The van der Waals surface area contributed by atoms with Gasteiger partial charge in [0.2, 0.25) is 0 Å². The normalized spacial score (nSPS) is 12.1. The quantitative estimate of drug-likeness (QED) is 0.522. The van der Waals surface area contributed by atoms with Crippen molar-refractivity contribution < 1.29 is 9.90 Å². The molecule has 1 atom stereocenters. The molecule has 3 rings (SSSR count). The topological polar surface area (TPSA) is 54.3 Å². The third-order valence-corrected chi connectivity index (χ3v) is 5.90. The molecule has 2 aromatic carbocycles. The zero-order valence-corrected chi connectivity index (χ0v) is 17.8. The summed E-state index contributed by atoms with van der Waals surface area (Å²) in [5.41, 5.74) is 5.17. The molecule has 29 heavy (non-hydrogen) atoms. The summed E-state index contributed by atoms with van der Waals surface area (Å²) in [6.45, 7) is 7.86. The van der Waals surface area contributed by atoms with Gasteiger partial charge < -0.3 is 15.0 Å². The summed E-state index contributed by atoms with van der Waals surface area (Å²) in [6, 6.07) is 18.0. The van der Waals surface area contributed by atoms with Crippen molar-refractivity contribution >= 4 is 17.6 Å². The Morgan fingerprint density at radius 3 is 2.38 bits per heavy atom. The molecule has 0 amide bonds. The minimum atomic E-state index is -0.892. The van der Waals surface area contributed by atoms with Crippen molar-refractivity contribution in [1.29, 1.82) is 0 Å². The van der Waals surface area contributed by atoms with Crippen LogP contribution in [0.1, 0.15) is 51.3 Å². The molecular weight excluding hydrogens is 384 g/mol. The first-order valence-electron chi connectivity index (χ1n) is 9.81. The molecule has 0 radical (unpaired) electrons. The lowest BCUT2D eigenvalue weighted by atomic mass is 10.0. The standard InChI is InChI=1S/C24H27ClN2O2/c1-16(19-9-5-4-6-10-19)13-26-14-21-17(2)27(18(3)23(21)24(28)29)15-20-11-7-8-12-22(20)25/h4-12,16,26H,13-15H2,1-3H3,(H,28,29). The molecule has 0 bridgehead atoms. The highest BCUT2D eigenvalue weighted by atomic mass is 35.5. The highest BCUT2D eigenvalue weighted by molar-refractivity contribution is 6.31. The molecular formula is C24H27ClN2O2. The van der Waals surface area contributed by atoms with E-state index in [9.17, 15) is 9.90 Å². The van der Waals surface area contributed by atoms with Gasteiger partial charge >= 0.3 is 5.97 Å². The number of carbonyl (C=O) groups is 1. The minimum Gasteiger partial charge on any atom is -0.478 e. The van der Waals surface area contributed by atoms with Crippen LogP contribution in [0.15, 0.2) is 54.6 Å². The number of nitrogens with one attached hydrogen (secondary N) is 1. The molecule has 0 aliphatic heterocycles. The molecule has 3 aromatic rings. The van der Waals surface area contributed by atoms with Crippen molar-refractivity contribution in [3.05, 3.63) is 93.3 Å². The lowest BCUT2D eigenvalue weighted by Gasteiger charge is -2.14. The van der Waals surface area contributed by atoms with Crippen LogP contribution in [-0.2, 0) is 13.1 Å². The average Bonchev–Trinajstić information content (AvgIpc) is 2.94. The fourth-order valence-corrected chi connectivity index (χ4v) is 3.99. The van der Waals surface area contributed by atoms with Crippen LogP contribution in [0.2, 0.25) is 5.02 Å². The summed E-state index contributed by atoms with van der Waals surface area (Å²) >= 11 is 6.32. The Bertz CT molecular complexity index is 996. The third-order valence-electron chi connectivity index (χ3n) is 5.53. The van der Waals surface area contributed by atoms with E-state index in [0.717, 1.165) is 29.1 Å². The lowest BCUT2D eigenvalue weighted by molar-refractivity contribution is 0.0694. The smallest absolute Gasteiger partial charge is 0.337 e. The maximum absolute atomic E-state index is 12.0. The van der Waals surface area contributed by atoms with Gasteiger partial charge in [-0.2, -0.15) is 0 Å². The molecule has 1 aromatic heterocycles. The van der Waals surface area contributed by atoms with Crippen LogP contribution < -0.4 is 5.32 Å². The molecule has 1 heterocycles. The number of nitrogens with zero attached hydrogens (tertiary/aromatic N) is 1. The fraction of sp³-hybridized carbons (Fsp3) is 0.292. The van der Waals surface area contributed by atoms with E-state index in [2.05, 4.69) is 24.4 Å². The molecule has 0 aliphatic rings. The molecule has 0 spiro atoms. The molecule has 0 saturated heterocycles. The van der Waals surface area contributed by atoms with Crippen molar-refractivity contribution in [3.63, 3.8) is 0 Å². The van der Waals surface area contributed by atoms with Gasteiger partial charge in [0, 0.05) is 41.6 Å². The first kappa shape index (κ1) is 21.2. The van der Waals surface area contributed by atoms with Gasteiger partial charge in [-0.1, -0.05) is 67.1 Å². The lowest BCUT2D eigenvalue weighted by Crippen LogP contribution is -2.21. The van der Waals surface area contributed by atoms with Gasteiger partial charge in [-0.15, -0.1) is 0 Å². The summed E-state index contributed by atoms with van der Waals surface area (Å²) in [5, 5.41) is 14.0. The van der Waals surface area contributed by atoms with E-state index in [-0.39, 0.29) is 0 Å². The van der Waals surface area contributed by atoms with Gasteiger partial charge in [0.25, 0.3) is 0 Å². The molecule has 0 fully saturated rings. The highest BCUT2D eigenvalue weighted by Gasteiger charge is 2.23. The number of carboxylic acids is 1. The highest BCUT2D eigenvalue weighted by Crippen LogP contribution is 2.26. The molecule has 0 aliphatic carbocycles.